The summed E-state index contributed by atoms with van der Waals surface area (Å²) in [5, 5.41) is 8.92. The maximum Gasteiger partial charge on any atom is 0.338 e. The minimum Gasteiger partial charge on any atom is -0.478 e. The van der Waals surface area contributed by atoms with E-state index >= 15 is 0 Å². The molecule has 118 valence electrons. The largest absolute Gasteiger partial charge is 0.478 e. The quantitative estimate of drug-likeness (QED) is 0.797. The second kappa shape index (κ2) is 6.23. The molecule has 1 aromatic rings. The van der Waals surface area contributed by atoms with E-state index in [4.69, 9.17) is 5.11 Å². The predicted molar refractivity (Wildman–Crippen MR) is 84.5 cm³/mol. The Kier molecular flexibility index (Phi) is 4.32. The van der Waals surface area contributed by atoms with Crippen LogP contribution in [-0.2, 0) is 0 Å². The first-order valence-corrected chi connectivity index (χ1v) is 8.23. The van der Waals surface area contributed by atoms with Crippen molar-refractivity contribution < 1.29 is 14.3 Å². The van der Waals surface area contributed by atoms with E-state index in [1.165, 1.54) is 37.8 Å². The topological polar surface area (TPSA) is 37.3 Å². The molecule has 1 N–H and O–H groups in total. The standard InChI is InChI=1S/C19H23FO2/c1-2-12-3-4-14-10-15(6-5-13(14)9-12)16-7-8-17(19(21)22)18(20)11-16/h2,7-8,11-15H,1,3-6,9-10H2,(H,21,22). The highest BCUT2D eigenvalue weighted by atomic mass is 19.1. The molecule has 3 heteroatoms. The van der Waals surface area contributed by atoms with Crippen LogP contribution in [0.2, 0.25) is 0 Å². The maximum atomic E-state index is 13.9. The summed E-state index contributed by atoms with van der Waals surface area (Å²) in [6, 6.07) is 4.64. The number of carboxylic acid groups (broad SMARTS) is 1. The van der Waals surface area contributed by atoms with Gasteiger partial charge in [-0.25, -0.2) is 9.18 Å². The van der Waals surface area contributed by atoms with Gasteiger partial charge in [-0.1, -0.05) is 12.1 Å². The Balaban J connectivity index is 1.71. The molecule has 2 saturated carbocycles. The van der Waals surface area contributed by atoms with E-state index in [1.807, 2.05) is 0 Å². The Morgan fingerprint density at radius 3 is 2.59 bits per heavy atom. The van der Waals surface area contributed by atoms with Crippen molar-refractivity contribution in [2.75, 3.05) is 0 Å². The second-order valence-electron chi connectivity index (χ2n) is 6.88. The summed E-state index contributed by atoms with van der Waals surface area (Å²) < 4.78 is 13.9. The average Bonchev–Trinajstić information content (AvgIpc) is 2.53. The van der Waals surface area contributed by atoms with Crippen molar-refractivity contribution in [1.29, 1.82) is 0 Å². The van der Waals surface area contributed by atoms with Crippen LogP contribution in [0, 0.1) is 23.6 Å². The van der Waals surface area contributed by atoms with E-state index in [1.54, 1.807) is 6.07 Å². The number of allylic oxidation sites excluding steroid dienone is 1. The molecule has 0 bridgehead atoms. The molecule has 4 atom stereocenters. The summed E-state index contributed by atoms with van der Waals surface area (Å²) in [6.07, 6.45) is 9.21. The normalized spacial score (nSPS) is 31.3. The Morgan fingerprint density at radius 1 is 1.18 bits per heavy atom. The lowest BCUT2D eigenvalue weighted by molar-refractivity contribution is 0.0692. The molecule has 4 unspecified atom stereocenters. The van der Waals surface area contributed by atoms with Gasteiger partial charge < -0.3 is 5.11 Å². The molecule has 1 aromatic carbocycles. The first-order chi connectivity index (χ1) is 10.6. The van der Waals surface area contributed by atoms with Crippen molar-refractivity contribution in [3.05, 3.63) is 47.8 Å². The Morgan fingerprint density at radius 2 is 1.91 bits per heavy atom. The number of hydrogen-bond acceptors (Lipinski definition) is 1. The van der Waals surface area contributed by atoms with Crippen molar-refractivity contribution >= 4 is 5.97 Å². The van der Waals surface area contributed by atoms with E-state index in [2.05, 4.69) is 12.7 Å². The molecule has 0 radical (unpaired) electrons. The van der Waals surface area contributed by atoms with Crippen molar-refractivity contribution in [3.8, 4) is 0 Å². The molecule has 0 saturated heterocycles. The van der Waals surface area contributed by atoms with Crippen molar-refractivity contribution in [1.82, 2.24) is 0 Å². The van der Waals surface area contributed by atoms with E-state index in [-0.39, 0.29) is 5.56 Å². The van der Waals surface area contributed by atoms with Gasteiger partial charge >= 0.3 is 5.97 Å². The van der Waals surface area contributed by atoms with Gasteiger partial charge in [0, 0.05) is 0 Å². The summed E-state index contributed by atoms with van der Waals surface area (Å²) in [5.74, 6) is 0.760. The van der Waals surface area contributed by atoms with Crippen LogP contribution >= 0.6 is 0 Å². The summed E-state index contributed by atoms with van der Waals surface area (Å²) in [4.78, 5) is 10.9. The number of hydrogen-bond donors (Lipinski definition) is 1. The molecular weight excluding hydrogens is 279 g/mol. The summed E-state index contributed by atoms with van der Waals surface area (Å²) >= 11 is 0. The lowest BCUT2D eigenvalue weighted by atomic mass is 9.64. The Labute approximate surface area is 131 Å². The summed E-state index contributed by atoms with van der Waals surface area (Å²) in [6.45, 7) is 3.93. The zero-order chi connectivity index (χ0) is 15.7. The van der Waals surface area contributed by atoms with Gasteiger partial charge in [0.15, 0.2) is 0 Å². The van der Waals surface area contributed by atoms with Crippen LogP contribution in [0.1, 0.15) is 60.4 Å². The highest BCUT2D eigenvalue weighted by Gasteiger charge is 2.35. The molecule has 0 aromatic heterocycles. The van der Waals surface area contributed by atoms with Crippen molar-refractivity contribution in [3.63, 3.8) is 0 Å². The highest BCUT2D eigenvalue weighted by Crippen LogP contribution is 2.47. The highest BCUT2D eigenvalue weighted by molar-refractivity contribution is 5.87. The fraction of sp³-hybridized carbons (Fsp3) is 0.526. The number of carboxylic acids is 1. The molecule has 0 heterocycles. The number of benzene rings is 1. The SMILES string of the molecule is C=CC1CCC2CC(c3ccc(C(=O)O)c(F)c3)CCC2C1. The van der Waals surface area contributed by atoms with Gasteiger partial charge in [0.05, 0.1) is 5.56 Å². The lowest BCUT2D eigenvalue weighted by Gasteiger charge is -2.41. The zero-order valence-corrected chi connectivity index (χ0v) is 12.8. The Bertz CT molecular complexity index is 581. The lowest BCUT2D eigenvalue weighted by Crippen LogP contribution is -2.30. The van der Waals surface area contributed by atoms with Gasteiger partial charge in [-0.2, -0.15) is 0 Å². The fourth-order valence-electron chi connectivity index (χ4n) is 4.40. The van der Waals surface area contributed by atoms with Gasteiger partial charge in [0.2, 0.25) is 0 Å². The first kappa shape index (κ1) is 15.3. The minimum atomic E-state index is -1.20. The van der Waals surface area contributed by atoms with Gasteiger partial charge in [-0.15, -0.1) is 6.58 Å². The van der Waals surface area contributed by atoms with E-state index in [0.717, 1.165) is 30.2 Å². The summed E-state index contributed by atoms with van der Waals surface area (Å²) in [7, 11) is 0. The smallest absolute Gasteiger partial charge is 0.338 e. The second-order valence-corrected chi connectivity index (χ2v) is 6.88. The van der Waals surface area contributed by atoms with E-state index in [0.29, 0.717) is 11.8 Å². The molecule has 0 spiro atoms. The Hall–Kier alpha value is -1.64. The molecule has 2 fully saturated rings. The van der Waals surface area contributed by atoms with E-state index in [9.17, 15) is 9.18 Å². The minimum absolute atomic E-state index is 0.232. The van der Waals surface area contributed by atoms with Crippen molar-refractivity contribution in [2.45, 2.75) is 44.4 Å². The summed E-state index contributed by atoms with van der Waals surface area (Å²) in [5.41, 5.74) is 0.732. The number of carbonyl (C=O) groups is 1. The number of halogens is 1. The third kappa shape index (κ3) is 2.94. The van der Waals surface area contributed by atoms with Crippen LogP contribution in [0.25, 0.3) is 0 Å². The molecule has 3 rings (SSSR count). The predicted octanol–water partition coefficient (Wildman–Crippen LogP) is 5.01. The van der Waals surface area contributed by atoms with E-state index < -0.39 is 11.8 Å². The zero-order valence-electron chi connectivity index (χ0n) is 12.8. The molecule has 0 amide bonds. The molecular formula is C19H23FO2. The van der Waals surface area contributed by atoms with Crippen LogP contribution in [0.5, 0.6) is 0 Å². The van der Waals surface area contributed by atoms with Gasteiger partial charge in [0.25, 0.3) is 0 Å². The average molecular weight is 302 g/mol. The number of rotatable bonds is 3. The van der Waals surface area contributed by atoms with Crippen molar-refractivity contribution in [2.24, 2.45) is 17.8 Å². The first-order valence-electron chi connectivity index (χ1n) is 8.23. The van der Waals surface area contributed by atoms with Gasteiger partial charge in [-0.3, -0.25) is 0 Å². The van der Waals surface area contributed by atoms with Crippen LogP contribution in [0.3, 0.4) is 0 Å². The molecule has 0 aliphatic heterocycles. The monoisotopic (exact) mass is 302 g/mol. The number of fused-ring (bicyclic) bond motifs is 1. The van der Waals surface area contributed by atoms with Gasteiger partial charge in [-0.05, 0) is 79.9 Å². The fourth-order valence-corrected chi connectivity index (χ4v) is 4.40. The van der Waals surface area contributed by atoms with Crippen LogP contribution in [0.4, 0.5) is 4.39 Å². The third-order valence-corrected chi connectivity index (χ3v) is 5.68. The van der Waals surface area contributed by atoms with Crippen LogP contribution in [-0.4, -0.2) is 11.1 Å². The van der Waals surface area contributed by atoms with Crippen LogP contribution < -0.4 is 0 Å². The molecule has 2 nitrogen and oxygen atoms in total. The molecule has 2 aliphatic carbocycles. The molecule has 2 aliphatic rings. The maximum absolute atomic E-state index is 13.9. The van der Waals surface area contributed by atoms with Crippen LogP contribution in [0.15, 0.2) is 30.9 Å². The molecule has 22 heavy (non-hydrogen) atoms. The van der Waals surface area contributed by atoms with Gasteiger partial charge in [0.1, 0.15) is 5.82 Å². The third-order valence-electron chi connectivity index (χ3n) is 5.68. The number of aromatic carboxylic acids is 1.